The molecular weight excluding hydrogens is 1040 g/mol. The zero-order valence-electron chi connectivity index (χ0n) is 51.4. The molecule has 466 valence electrons. The quantitative estimate of drug-likeness (QED) is 0.0228. The summed E-state index contributed by atoms with van der Waals surface area (Å²) in [5.74, 6) is -3.22. The number of carbonyl (C=O) groups is 4. The van der Waals surface area contributed by atoms with Crippen molar-refractivity contribution in [1.29, 1.82) is 0 Å². The van der Waals surface area contributed by atoms with E-state index in [4.69, 9.17) is 23.7 Å². The minimum Gasteiger partial charge on any atom is -0.479 e. The highest BCUT2D eigenvalue weighted by Crippen LogP contribution is 2.26. The van der Waals surface area contributed by atoms with Crippen molar-refractivity contribution < 1.29 is 58.2 Å². The predicted octanol–water partition coefficient (Wildman–Crippen LogP) is 17.1. The first-order valence-corrected chi connectivity index (χ1v) is 31.8. The van der Waals surface area contributed by atoms with Gasteiger partial charge in [0.15, 0.2) is 24.6 Å². The Morgan fingerprint density at radius 2 is 0.723 bits per heavy atom. The summed E-state index contributed by atoms with van der Waals surface area (Å²) in [4.78, 5) is 51.3. The first kappa shape index (κ1) is 75.6. The highest BCUT2D eigenvalue weighted by Gasteiger charge is 2.50. The summed E-state index contributed by atoms with van der Waals surface area (Å²) < 4.78 is 28.5. The van der Waals surface area contributed by atoms with Crippen molar-refractivity contribution >= 4 is 23.9 Å². The predicted molar refractivity (Wildman–Crippen MR) is 339 cm³/mol. The molecule has 6 unspecified atom stereocenters. The standard InChI is InChI=1S/C71H110O12/c1-4-7-10-13-16-19-22-25-28-31-32-35-36-39-42-45-48-51-54-57-63(72)79-60-62(81-64(73)58-55-52-49-46-43-40-37-33-29-26-23-20-17-14-11-8-5-2)61-80-71-69(67(76)66(75)68(83-71)70(77)78)82-65(74)59-56-53-50-47-44-41-38-34-30-27-24-21-18-15-12-9-6-3/h7-12,16-21,25-30,32,35,37-38,40-41,62,66-69,71,75-76H,4-6,13-15,22-24,31,33-34,36,39,42-61H2,1-3H3,(H,77,78)/b10-7-,11-8-,12-9-,19-16-,20-17-,21-18-,28-25-,29-26-,30-27-,35-32-,40-37-,41-38-. The Bertz CT molecular complexity index is 2000. The Hall–Kier alpha value is -5.40. The van der Waals surface area contributed by atoms with Crippen LogP contribution in [0.1, 0.15) is 226 Å². The Balaban J connectivity index is 2.72. The lowest BCUT2D eigenvalue weighted by Gasteiger charge is -2.40. The van der Waals surface area contributed by atoms with Crippen molar-refractivity contribution in [2.24, 2.45) is 0 Å². The van der Waals surface area contributed by atoms with Gasteiger partial charge in [0.25, 0.3) is 0 Å². The Labute approximate surface area is 502 Å². The molecule has 0 aliphatic carbocycles. The molecule has 0 aromatic heterocycles. The minimum atomic E-state index is -1.93. The number of unbranched alkanes of at least 4 members (excludes halogenated alkanes) is 14. The molecule has 0 bridgehead atoms. The molecule has 0 amide bonds. The van der Waals surface area contributed by atoms with E-state index in [1.54, 1.807) is 0 Å². The molecule has 12 nitrogen and oxygen atoms in total. The van der Waals surface area contributed by atoms with Gasteiger partial charge in [-0.1, -0.05) is 218 Å². The van der Waals surface area contributed by atoms with Crippen molar-refractivity contribution in [3.8, 4) is 0 Å². The number of carboxylic acids is 1. The maximum absolute atomic E-state index is 13.2. The van der Waals surface area contributed by atoms with Gasteiger partial charge in [0.05, 0.1) is 6.61 Å². The highest BCUT2D eigenvalue weighted by molar-refractivity contribution is 5.74. The lowest BCUT2D eigenvalue weighted by Crippen LogP contribution is -2.61. The van der Waals surface area contributed by atoms with E-state index in [1.165, 1.54) is 0 Å². The minimum absolute atomic E-state index is 0.0195. The second-order valence-corrected chi connectivity index (χ2v) is 20.9. The lowest BCUT2D eigenvalue weighted by atomic mass is 9.98. The number of hydrogen-bond acceptors (Lipinski definition) is 11. The van der Waals surface area contributed by atoms with Gasteiger partial charge in [-0.15, -0.1) is 0 Å². The zero-order valence-corrected chi connectivity index (χ0v) is 51.4. The SMILES string of the molecule is CC/C=C\C/C=C\C/C=C\C/C=C\CCCCCCCCC(=O)OCC(COC1OC(C(=O)O)C(O)C(O)C1OC(=O)CCCCCC/C=C\C/C=C\C/C=C\C/C=C\CC)OC(=O)CCCCCC/C=C\C/C=C\C/C=C\C/C=C\CC. The van der Waals surface area contributed by atoms with Crippen LogP contribution < -0.4 is 0 Å². The van der Waals surface area contributed by atoms with E-state index in [-0.39, 0.29) is 25.9 Å². The third-order valence-electron chi connectivity index (χ3n) is 13.4. The van der Waals surface area contributed by atoms with Crippen LogP contribution in [0.3, 0.4) is 0 Å². The molecule has 6 atom stereocenters. The molecule has 1 fully saturated rings. The fourth-order valence-electron chi connectivity index (χ4n) is 8.63. The molecule has 1 aliphatic heterocycles. The van der Waals surface area contributed by atoms with Crippen LogP contribution in [0.25, 0.3) is 0 Å². The molecule has 0 saturated carbocycles. The first-order valence-electron chi connectivity index (χ1n) is 31.8. The van der Waals surface area contributed by atoms with Gasteiger partial charge in [0.2, 0.25) is 0 Å². The molecule has 0 radical (unpaired) electrons. The summed E-state index contributed by atoms with van der Waals surface area (Å²) >= 11 is 0. The molecular formula is C71H110O12. The fraction of sp³-hybridized carbons (Fsp3) is 0.606. The largest absolute Gasteiger partial charge is 0.479 e. The van der Waals surface area contributed by atoms with Gasteiger partial charge in [0.1, 0.15) is 18.8 Å². The summed E-state index contributed by atoms with van der Waals surface area (Å²) in [5, 5.41) is 31.6. The number of rotatable bonds is 52. The highest BCUT2D eigenvalue weighted by atomic mass is 16.7. The van der Waals surface area contributed by atoms with Gasteiger partial charge in [-0.25, -0.2) is 4.79 Å². The molecule has 0 aromatic rings. The average Bonchev–Trinajstić information content (AvgIpc) is 3.59. The van der Waals surface area contributed by atoms with E-state index in [0.29, 0.717) is 19.3 Å². The monoisotopic (exact) mass is 1150 g/mol. The molecule has 1 aliphatic rings. The number of aliphatic carboxylic acids is 1. The molecule has 0 spiro atoms. The van der Waals surface area contributed by atoms with Crippen molar-refractivity contribution in [3.63, 3.8) is 0 Å². The maximum Gasteiger partial charge on any atom is 0.335 e. The number of aliphatic hydroxyl groups excluding tert-OH is 2. The van der Waals surface area contributed by atoms with Crippen molar-refractivity contribution in [2.45, 2.75) is 263 Å². The van der Waals surface area contributed by atoms with Crippen LogP contribution in [0.15, 0.2) is 146 Å². The van der Waals surface area contributed by atoms with Crippen LogP contribution in [0.2, 0.25) is 0 Å². The average molecular weight is 1160 g/mol. The van der Waals surface area contributed by atoms with Crippen molar-refractivity contribution in [2.75, 3.05) is 13.2 Å². The summed E-state index contributed by atoms with van der Waals surface area (Å²) in [6.07, 6.45) is 69.4. The molecule has 0 aromatic carbocycles. The van der Waals surface area contributed by atoms with E-state index >= 15 is 0 Å². The van der Waals surface area contributed by atoms with Crippen LogP contribution in [0, 0.1) is 0 Å². The lowest BCUT2D eigenvalue weighted by molar-refractivity contribution is -0.301. The molecule has 83 heavy (non-hydrogen) atoms. The van der Waals surface area contributed by atoms with Crippen LogP contribution in [-0.4, -0.2) is 89.2 Å². The second kappa shape index (κ2) is 57.1. The fourth-order valence-corrected chi connectivity index (χ4v) is 8.63. The Kier molecular flexibility index (Phi) is 52.0. The molecule has 12 heteroatoms. The number of carbonyl (C=O) groups excluding carboxylic acids is 3. The summed E-state index contributed by atoms with van der Waals surface area (Å²) in [6, 6.07) is 0. The number of aliphatic hydroxyl groups is 2. The number of esters is 3. The van der Waals surface area contributed by atoms with Gasteiger partial charge in [-0.05, 0) is 135 Å². The summed E-state index contributed by atoms with van der Waals surface area (Å²) in [5.41, 5.74) is 0. The third-order valence-corrected chi connectivity index (χ3v) is 13.4. The summed E-state index contributed by atoms with van der Waals surface area (Å²) in [6.45, 7) is 5.61. The first-order chi connectivity index (χ1) is 40.6. The Morgan fingerprint density at radius 1 is 0.398 bits per heavy atom. The van der Waals surface area contributed by atoms with Gasteiger partial charge < -0.3 is 39.0 Å². The van der Waals surface area contributed by atoms with Gasteiger partial charge in [-0.3, -0.25) is 14.4 Å². The van der Waals surface area contributed by atoms with Gasteiger partial charge in [-0.2, -0.15) is 0 Å². The van der Waals surface area contributed by atoms with Crippen LogP contribution in [0.4, 0.5) is 0 Å². The zero-order chi connectivity index (χ0) is 60.3. The topological polar surface area (TPSA) is 175 Å². The number of hydrogen-bond donors (Lipinski definition) is 3. The van der Waals surface area contributed by atoms with Crippen LogP contribution >= 0.6 is 0 Å². The van der Waals surface area contributed by atoms with E-state index in [9.17, 15) is 34.5 Å². The molecule has 1 saturated heterocycles. The van der Waals surface area contributed by atoms with E-state index in [2.05, 4.69) is 167 Å². The van der Waals surface area contributed by atoms with Crippen LogP contribution in [0.5, 0.6) is 0 Å². The second-order valence-electron chi connectivity index (χ2n) is 20.9. The maximum atomic E-state index is 13.2. The van der Waals surface area contributed by atoms with E-state index in [0.717, 1.165) is 167 Å². The van der Waals surface area contributed by atoms with Crippen molar-refractivity contribution in [1.82, 2.24) is 0 Å². The Morgan fingerprint density at radius 3 is 1.10 bits per heavy atom. The summed E-state index contributed by atoms with van der Waals surface area (Å²) in [7, 11) is 0. The van der Waals surface area contributed by atoms with E-state index < -0.39 is 67.3 Å². The number of carboxylic acid groups (broad SMARTS) is 1. The number of ether oxygens (including phenoxy) is 5. The molecule has 3 N–H and O–H groups in total. The molecule has 1 heterocycles. The number of allylic oxidation sites excluding steroid dienone is 24. The van der Waals surface area contributed by atoms with Gasteiger partial charge in [0, 0.05) is 19.3 Å². The third kappa shape index (κ3) is 46.6. The van der Waals surface area contributed by atoms with Crippen LogP contribution in [-0.2, 0) is 42.9 Å². The molecule has 1 rings (SSSR count). The smallest absolute Gasteiger partial charge is 0.335 e. The van der Waals surface area contributed by atoms with Crippen molar-refractivity contribution in [3.05, 3.63) is 146 Å². The van der Waals surface area contributed by atoms with Gasteiger partial charge >= 0.3 is 23.9 Å². The van der Waals surface area contributed by atoms with E-state index in [1.807, 2.05) is 0 Å². The normalized spacial score (nSPS) is 18.6.